The minimum absolute atomic E-state index is 0.305. The number of aliphatic hydroxyl groups excluding tert-OH is 1. The molecule has 0 saturated carbocycles. The van der Waals surface area contributed by atoms with Crippen LogP contribution in [0.2, 0.25) is 0 Å². The smallest absolute Gasteiger partial charge is 0.251 e. The van der Waals surface area contributed by atoms with E-state index in [0.717, 1.165) is 49.9 Å². The molecule has 1 aliphatic heterocycles. The Morgan fingerprint density at radius 2 is 1.86 bits per heavy atom. The second kappa shape index (κ2) is 14.6. The maximum atomic E-state index is 13.5. The number of carbonyl (C=O) groups is 1. The molecule has 6 N–H and O–H groups in total. The summed E-state index contributed by atoms with van der Waals surface area (Å²) < 4.78 is 23.0. The van der Waals surface area contributed by atoms with Gasteiger partial charge >= 0.3 is 0 Å². The van der Waals surface area contributed by atoms with Gasteiger partial charge in [-0.3, -0.25) is 18.2 Å². The predicted molar refractivity (Wildman–Crippen MR) is 155 cm³/mol. The Bertz CT molecular complexity index is 976. The molecule has 0 spiro atoms. The SMILES string of the molecule is CCCCCNC[C@@H](O)[C@H](Cc1ccccc1)NC(=O)c1cc(NCC)cc(N2CCCCS2(O)O)c1. The van der Waals surface area contributed by atoms with Crippen molar-refractivity contribution in [2.24, 2.45) is 0 Å². The number of carbonyl (C=O) groups excluding carboxylic acids is 1. The Morgan fingerprint density at radius 1 is 1.08 bits per heavy atom. The minimum Gasteiger partial charge on any atom is -0.390 e. The highest BCUT2D eigenvalue weighted by Gasteiger charge is 2.28. The zero-order valence-electron chi connectivity index (χ0n) is 22.2. The molecule has 0 aromatic heterocycles. The first-order chi connectivity index (χ1) is 17.8. The van der Waals surface area contributed by atoms with Crippen molar-refractivity contribution in [3.05, 3.63) is 59.7 Å². The Labute approximate surface area is 223 Å². The molecule has 2 aromatic rings. The summed E-state index contributed by atoms with van der Waals surface area (Å²) in [5.74, 6) is 0.0248. The molecular weight excluding hydrogens is 488 g/mol. The number of aliphatic hydroxyl groups is 1. The molecule has 3 rings (SSSR count). The lowest BCUT2D eigenvalue weighted by Gasteiger charge is -2.47. The van der Waals surface area contributed by atoms with E-state index in [4.69, 9.17) is 0 Å². The van der Waals surface area contributed by atoms with Gasteiger partial charge < -0.3 is 21.1 Å². The standard InChI is InChI=1S/C28H44N4O4S/c1-3-5-9-14-29-21-27(33)26(17-22-12-7-6-8-13-22)31-28(34)23-18-24(30-4-2)20-25(19-23)32-15-10-11-16-37(32,35)36/h6-8,12-13,18-20,26-27,29-30,33,35-36H,3-5,9-11,14-17,21H2,1-2H3,(H,31,34)/t26-,27+/m0/s1. The van der Waals surface area contributed by atoms with Crippen molar-refractivity contribution in [2.75, 3.05) is 41.6 Å². The topological polar surface area (TPSA) is 117 Å². The minimum atomic E-state index is -2.92. The van der Waals surface area contributed by atoms with Gasteiger partial charge in [-0.25, -0.2) is 0 Å². The molecule has 1 amide bonds. The maximum absolute atomic E-state index is 13.5. The third-order valence-corrected chi connectivity index (χ3v) is 8.56. The van der Waals surface area contributed by atoms with E-state index in [1.54, 1.807) is 16.4 Å². The summed E-state index contributed by atoms with van der Waals surface area (Å²) in [4.78, 5) is 13.5. The molecule has 2 atom stereocenters. The van der Waals surface area contributed by atoms with Crippen LogP contribution in [0.1, 0.15) is 61.9 Å². The Balaban J connectivity index is 1.80. The van der Waals surface area contributed by atoms with E-state index in [2.05, 4.69) is 22.9 Å². The van der Waals surface area contributed by atoms with E-state index >= 15 is 0 Å². The molecule has 1 heterocycles. The Morgan fingerprint density at radius 3 is 2.57 bits per heavy atom. The molecule has 1 aliphatic rings. The number of nitrogens with zero attached hydrogens (tertiary/aromatic N) is 1. The quantitative estimate of drug-likeness (QED) is 0.192. The van der Waals surface area contributed by atoms with E-state index in [0.29, 0.717) is 43.1 Å². The van der Waals surface area contributed by atoms with Crippen molar-refractivity contribution in [1.29, 1.82) is 0 Å². The van der Waals surface area contributed by atoms with Gasteiger partial charge in [0.05, 0.1) is 23.6 Å². The van der Waals surface area contributed by atoms with E-state index in [9.17, 15) is 19.0 Å². The number of rotatable bonds is 14. The average molecular weight is 533 g/mol. The number of nitrogens with one attached hydrogen (secondary N) is 3. The van der Waals surface area contributed by atoms with E-state index in [1.807, 2.05) is 43.3 Å². The highest BCUT2D eigenvalue weighted by atomic mass is 32.3. The van der Waals surface area contributed by atoms with Crippen LogP contribution in [0, 0.1) is 0 Å². The summed E-state index contributed by atoms with van der Waals surface area (Å²) in [6.07, 6.45) is 4.68. The van der Waals surface area contributed by atoms with Crippen molar-refractivity contribution in [2.45, 2.75) is 64.5 Å². The highest BCUT2D eigenvalue weighted by Crippen LogP contribution is 2.50. The van der Waals surface area contributed by atoms with Crippen LogP contribution in [0.3, 0.4) is 0 Å². The number of hydrogen-bond acceptors (Lipinski definition) is 7. The average Bonchev–Trinajstić information content (AvgIpc) is 2.88. The summed E-state index contributed by atoms with van der Waals surface area (Å²) in [6.45, 7) is 6.54. The van der Waals surface area contributed by atoms with Crippen LogP contribution in [0.15, 0.2) is 48.5 Å². The fourth-order valence-corrected chi connectivity index (χ4v) is 6.27. The van der Waals surface area contributed by atoms with Crippen LogP contribution in [-0.2, 0) is 6.42 Å². The first-order valence-corrected chi connectivity index (χ1v) is 15.2. The largest absolute Gasteiger partial charge is 0.390 e. The molecule has 0 unspecified atom stereocenters. The zero-order valence-corrected chi connectivity index (χ0v) is 23.0. The molecule has 0 bridgehead atoms. The van der Waals surface area contributed by atoms with E-state index < -0.39 is 22.9 Å². The van der Waals surface area contributed by atoms with Crippen molar-refractivity contribution in [1.82, 2.24) is 10.6 Å². The van der Waals surface area contributed by atoms with Gasteiger partial charge in [-0.2, -0.15) is 0 Å². The predicted octanol–water partition coefficient (Wildman–Crippen LogP) is 4.87. The molecule has 0 radical (unpaired) electrons. The lowest BCUT2D eigenvalue weighted by molar-refractivity contribution is 0.0830. The fraction of sp³-hybridized carbons (Fsp3) is 0.536. The highest BCUT2D eigenvalue weighted by molar-refractivity contribution is 8.25. The van der Waals surface area contributed by atoms with Crippen LogP contribution in [0.25, 0.3) is 0 Å². The van der Waals surface area contributed by atoms with Gasteiger partial charge in [-0.1, -0.05) is 50.1 Å². The second-order valence-electron chi connectivity index (χ2n) is 9.69. The van der Waals surface area contributed by atoms with E-state index in [-0.39, 0.29) is 5.91 Å². The van der Waals surface area contributed by atoms with Crippen LogP contribution < -0.4 is 20.3 Å². The number of benzene rings is 2. The van der Waals surface area contributed by atoms with Gasteiger partial charge in [0.1, 0.15) is 0 Å². The Hall–Kier alpha value is -2.30. The van der Waals surface area contributed by atoms with Gasteiger partial charge in [0.25, 0.3) is 5.91 Å². The van der Waals surface area contributed by atoms with Crippen molar-refractivity contribution >= 4 is 28.1 Å². The van der Waals surface area contributed by atoms with Gasteiger partial charge in [0.15, 0.2) is 0 Å². The number of anilines is 2. The molecule has 1 saturated heterocycles. The van der Waals surface area contributed by atoms with Crippen LogP contribution in [0.5, 0.6) is 0 Å². The molecule has 0 aliphatic carbocycles. The lowest BCUT2D eigenvalue weighted by Crippen LogP contribution is -2.49. The van der Waals surface area contributed by atoms with Crippen molar-refractivity contribution in [3.63, 3.8) is 0 Å². The summed E-state index contributed by atoms with van der Waals surface area (Å²) in [5.41, 5.74) is 2.79. The number of unbranched alkanes of at least 4 members (excludes halogenated alkanes) is 2. The van der Waals surface area contributed by atoms with Gasteiger partial charge in [-0.05, 0) is 62.9 Å². The van der Waals surface area contributed by atoms with Crippen LogP contribution in [-0.4, -0.2) is 64.2 Å². The van der Waals surface area contributed by atoms with Crippen LogP contribution >= 0.6 is 10.8 Å². The zero-order chi connectivity index (χ0) is 26.7. The molecule has 206 valence electrons. The lowest BCUT2D eigenvalue weighted by atomic mass is 10.00. The molecular formula is C28H44N4O4S. The third kappa shape index (κ3) is 8.90. The first-order valence-electron chi connectivity index (χ1n) is 13.5. The van der Waals surface area contributed by atoms with Gasteiger partial charge in [0.2, 0.25) is 0 Å². The van der Waals surface area contributed by atoms with Gasteiger partial charge in [-0.15, -0.1) is 10.8 Å². The summed E-state index contributed by atoms with van der Waals surface area (Å²) in [5, 5.41) is 20.7. The molecule has 2 aromatic carbocycles. The molecule has 8 nitrogen and oxygen atoms in total. The second-order valence-corrected chi connectivity index (χ2v) is 11.8. The van der Waals surface area contributed by atoms with E-state index in [1.165, 1.54) is 0 Å². The number of hydrogen-bond donors (Lipinski definition) is 6. The van der Waals surface area contributed by atoms with Crippen molar-refractivity contribution < 1.29 is 19.0 Å². The normalized spacial score (nSPS) is 17.6. The van der Waals surface area contributed by atoms with Crippen molar-refractivity contribution in [3.8, 4) is 0 Å². The Kier molecular flexibility index (Phi) is 11.5. The molecule has 37 heavy (non-hydrogen) atoms. The summed E-state index contributed by atoms with van der Waals surface area (Å²) >= 11 is 0. The van der Waals surface area contributed by atoms with Crippen LogP contribution in [0.4, 0.5) is 11.4 Å². The monoisotopic (exact) mass is 532 g/mol. The molecule has 9 heteroatoms. The molecule has 1 fully saturated rings. The van der Waals surface area contributed by atoms with Gasteiger partial charge in [0, 0.05) is 30.9 Å². The summed E-state index contributed by atoms with van der Waals surface area (Å²) in [7, 11) is -2.92. The first kappa shape index (κ1) is 29.3. The number of amides is 1. The maximum Gasteiger partial charge on any atom is 0.251 e. The summed E-state index contributed by atoms with van der Waals surface area (Å²) in [6, 6.07) is 14.7. The fourth-order valence-electron chi connectivity index (χ4n) is 4.59. The third-order valence-electron chi connectivity index (χ3n) is 6.62.